The van der Waals surface area contributed by atoms with E-state index in [-0.39, 0.29) is 0 Å². The standard InChI is InChI=1S/C15H17N3S/c1-11-8-14(6-7-17-11)18(2)10-12-4-3-5-13(9-12)15(16)19/h3-9H,10H2,1-2H3,(H2,16,19). The summed E-state index contributed by atoms with van der Waals surface area (Å²) >= 11 is 5.00. The van der Waals surface area contributed by atoms with E-state index in [1.807, 2.05) is 37.4 Å². The monoisotopic (exact) mass is 271 g/mol. The Labute approximate surface area is 119 Å². The van der Waals surface area contributed by atoms with Gasteiger partial charge in [0.2, 0.25) is 0 Å². The summed E-state index contributed by atoms with van der Waals surface area (Å²) in [5.74, 6) is 0. The van der Waals surface area contributed by atoms with E-state index in [4.69, 9.17) is 18.0 Å². The number of thiocarbonyl (C=S) groups is 1. The molecule has 4 heteroatoms. The van der Waals surface area contributed by atoms with E-state index in [9.17, 15) is 0 Å². The van der Waals surface area contributed by atoms with Crippen LogP contribution in [0.3, 0.4) is 0 Å². The second-order valence-corrected chi connectivity index (χ2v) is 5.02. The molecule has 0 atom stereocenters. The molecule has 2 N–H and O–H groups in total. The van der Waals surface area contributed by atoms with Crippen LogP contribution in [-0.4, -0.2) is 17.0 Å². The molecule has 0 amide bonds. The molecule has 0 bridgehead atoms. The Bertz CT molecular complexity index is 595. The van der Waals surface area contributed by atoms with Gasteiger partial charge < -0.3 is 10.6 Å². The third-order valence-electron chi connectivity index (χ3n) is 2.95. The Balaban J connectivity index is 2.17. The van der Waals surface area contributed by atoms with Crippen LogP contribution in [0.2, 0.25) is 0 Å². The Hall–Kier alpha value is -1.94. The zero-order valence-corrected chi connectivity index (χ0v) is 11.9. The molecular weight excluding hydrogens is 254 g/mol. The average molecular weight is 271 g/mol. The van der Waals surface area contributed by atoms with E-state index in [0.717, 1.165) is 23.5 Å². The molecule has 0 spiro atoms. The fourth-order valence-corrected chi connectivity index (χ4v) is 2.08. The van der Waals surface area contributed by atoms with Crippen LogP contribution < -0.4 is 10.6 Å². The lowest BCUT2D eigenvalue weighted by Crippen LogP contribution is -2.17. The highest BCUT2D eigenvalue weighted by Crippen LogP contribution is 2.16. The predicted molar refractivity (Wildman–Crippen MR) is 83.4 cm³/mol. The molecule has 3 nitrogen and oxygen atoms in total. The maximum absolute atomic E-state index is 5.65. The van der Waals surface area contributed by atoms with Gasteiger partial charge in [0.1, 0.15) is 4.99 Å². The number of benzene rings is 1. The lowest BCUT2D eigenvalue weighted by Gasteiger charge is -2.20. The van der Waals surface area contributed by atoms with Gasteiger partial charge in [-0.15, -0.1) is 0 Å². The van der Waals surface area contributed by atoms with Crippen LogP contribution in [-0.2, 0) is 6.54 Å². The molecule has 0 saturated heterocycles. The summed E-state index contributed by atoms with van der Waals surface area (Å²) in [6.07, 6.45) is 1.83. The lowest BCUT2D eigenvalue weighted by atomic mass is 10.1. The van der Waals surface area contributed by atoms with E-state index < -0.39 is 0 Å². The second-order valence-electron chi connectivity index (χ2n) is 4.58. The SMILES string of the molecule is Cc1cc(N(C)Cc2cccc(C(N)=S)c2)ccn1. The molecule has 0 unspecified atom stereocenters. The average Bonchev–Trinajstić information content (AvgIpc) is 2.39. The largest absolute Gasteiger partial charge is 0.389 e. The summed E-state index contributed by atoms with van der Waals surface area (Å²) in [5, 5.41) is 0. The van der Waals surface area contributed by atoms with Crippen molar-refractivity contribution < 1.29 is 0 Å². The number of nitrogens with zero attached hydrogens (tertiary/aromatic N) is 2. The maximum Gasteiger partial charge on any atom is 0.103 e. The summed E-state index contributed by atoms with van der Waals surface area (Å²) in [5.41, 5.74) is 9.91. The van der Waals surface area contributed by atoms with Crippen molar-refractivity contribution in [2.45, 2.75) is 13.5 Å². The van der Waals surface area contributed by atoms with Crippen molar-refractivity contribution in [1.29, 1.82) is 0 Å². The highest BCUT2D eigenvalue weighted by Gasteiger charge is 2.04. The molecule has 1 aromatic carbocycles. The van der Waals surface area contributed by atoms with Gasteiger partial charge in [-0.05, 0) is 30.7 Å². The van der Waals surface area contributed by atoms with Crippen molar-refractivity contribution in [2.24, 2.45) is 5.73 Å². The summed E-state index contributed by atoms with van der Waals surface area (Å²) in [4.78, 5) is 6.81. The van der Waals surface area contributed by atoms with E-state index >= 15 is 0 Å². The Morgan fingerprint density at radius 2 is 2.11 bits per heavy atom. The number of aromatic nitrogens is 1. The minimum Gasteiger partial charge on any atom is -0.389 e. The van der Waals surface area contributed by atoms with Crippen LogP contribution >= 0.6 is 12.2 Å². The van der Waals surface area contributed by atoms with Crippen molar-refractivity contribution in [1.82, 2.24) is 4.98 Å². The van der Waals surface area contributed by atoms with Crippen LogP contribution in [0.1, 0.15) is 16.8 Å². The molecule has 2 aromatic rings. The molecule has 1 heterocycles. The van der Waals surface area contributed by atoms with Gasteiger partial charge >= 0.3 is 0 Å². The van der Waals surface area contributed by atoms with Crippen molar-refractivity contribution in [3.63, 3.8) is 0 Å². The molecular formula is C15H17N3S. The third-order valence-corrected chi connectivity index (χ3v) is 3.19. The zero-order valence-electron chi connectivity index (χ0n) is 11.1. The summed E-state index contributed by atoms with van der Waals surface area (Å²) in [7, 11) is 2.06. The first-order valence-corrected chi connectivity index (χ1v) is 6.49. The van der Waals surface area contributed by atoms with Gasteiger partial charge in [0.05, 0.1) is 0 Å². The number of anilines is 1. The van der Waals surface area contributed by atoms with Crippen LogP contribution in [0.4, 0.5) is 5.69 Å². The van der Waals surface area contributed by atoms with Crippen LogP contribution in [0.5, 0.6) is 0 Å². The number of aryl methyl sites for hydroxylation is 1. The molecule has 0 fully saturated rings. The third kappa shape index (κ3) is 3.51. The molecule has 0 aliphatic rings. The van der Waals surface area contributed by atoms with Gasteiger partial charge in [-0.1, -0.05) is 30.4 Å². The number of hydrogen-bond donors (Lipinski definition) is 1. The van der Waals surface area contributed by atoms with E-state index in [1.165, 1.54) is 5.56 Å². The molecule has 19 heavy (non-hydrogen) atoms. The molecule has 1 aromatic heterocycles. The molecule has 0 radical (unpaired) electrons. The highest BCUT2D eigenvalue weighted by molar-refractivity contribution is 7.80. The van der Waals surface area contributed by atoms with E-state index in [1.54, 1.807) is 0 Å². The smallest absolute Gasteiger partial charge is 0.103 e. The van der Waals surface area contributed by atoms with Gasteiger partial charge in [0, 0.05) is 36.7 Å². The molecule has 0 aliphatic carbocycles. The first kappa shape index (κ1) is 13.5. The topological polar surface area (TPSA) is 42.1 Å². The Morgan fingerprint density at radius 3 is 2.79 bits per heavy atom. The zero-order chi connectivity index (χ0) is 13.8. The van der Waals surface area contributed by atoms with Crippen LogP contribution in [0, 0.1) is 6.92 Å². The normalized spacial score (nSPS) is 10.2. The minimum absolute atomic E-state index is 0.434. The number of hydrogen-bond acceptors (Lipinski definition) is 3. The number of pyridine rings is 1. The fourth-order valence-electron chi connectivity index (χ4n) is 1.96. The van der Waals surface area contributed by atoms with Crippen LogP contribution in [0.15, 0.2) is 42.6 Å². The molecule has 0 saturated carbocycles. The Morgan fingerprint density at radius 1 is 1.32 bits per heavy atom. The van der Waals surface area contributed by atoms with Gasteiger partial charge in [-0.3, -0.25) is 4.98 Å². The van der Waals surface area contributed by atoms with Gasteiger partial charge in [0.15, 0.2) is 0 Å². The van der Waals surface area contributed by atoms with Crippen LogP contribution in [0.25, 0.3) is 0 Å². The lowest BCUT2D eigenvalue weighted by molar-refractivity contribution is 0.918. The fraction of sp³-hybridized carbons (Fsp3) is 0.200. The second kappa shape index (κ2) is 5.80. The van der Waals surface area contributed by atoms with Crippen molar-refractivity contribution in [3.8, 4) is 0 Å². The first-order valence-electron chi connectivity index (χ1n) is 6.09. The van der Waals surface area contributed by atoms with Crippen molar-refractivity contribution >= 4 is 22.9 Å². The number of rotatable bonds is 4. The molecule has 98 valence electrons. The quantitative estimate of drug-likeness (QED) is 0.868. The van der Waals surface area contributed by atoms with Crippen molar-refractivity contribution in [2.75, 3.05) is 11.9 Å². The maximum atomic E-state index is 5.65. The van der Waals surface area contributed by atoms with Gasteiger partial charge in [0.25, 0.3) is 0 Å². The minimum atomic E-state index is 0.434. The molecule has 0 aliphatic heterocycles. The predicted octanol–water partition coefficient (Wildman–Crippen LogP) is 2.66. The summed E-state index contributed by atoms with van der Waals surface area (Å²) < 4.78 is 0. The Kier molecular flexibility index (Phi) is 4.12. The van der Waals surface area contributed by atoms with Gasteiger partial charge in [-0.25, -0.2) is 0 Å². The highest BCUT2D eigenvalue weighted by atomic mass is 32.1. The molecule has 2 rings (SSSR count). The number of nitrogens with two attached hydrogens (primary N) is 1. The van der Waals surface area contributed by atoms with Gasteiger partial charge in [-0.2, -0.15) is 0 Å². The summed E-state index contributed by atoms with van der Waals surface area (Å²) in [6.45, 7) is 2.80. The van der Waals surface area contributed by atoms with E-state index in [2.05, 4.69) is 29.1 Å². The first-order chi connectivity index (χ1) is 9.06. The summed E-state index contributed by atoms with van der Waals surface area (Å²) in [6, 6.07) is 12.1. The van der Waals surface area contributed by atoms with Crippen molar-refractivity contribution in [3.05, 3.63) is 59.4 Å². The van der Waals surface area contributed by atoms with E-state index in [0.29, 0.717) is 4.99 Å².